The highest BCUT2D eigenvalue weighted by molar-refractivity contribution is 9.10. The molecular formula is C21H22BrClFN5O2. The molecule has 1 aromatic carbocycles. The zero-order valence-electron chi connectivity index (χ0n) is 16.6. The Morgan fingerprint density at radius 1 is 1.45 bits per heavy atom. The van der Waals surface area contributed by atoms with Gasteiger partial charge in [-0.1, -0.05) is 11.6 Å². The summed E-state index contributed by atoms with van der Waals surface area (Å²) in [6.07, 6.45) is 5.47. The number of fused-ring (bicyclic) bond motifs is 1. The zero-order valence-corrected chi connectivity index (χ0v) is 18.9. The van der Waals surface area contributed by atoms with E-state index in [1.807, 2.05) is 0 Å². The van der Waals surface area contributed by atoms with Crippen molar-refractivity contribution in [2.24, 2.45) is 0 Å². The van der Waals surface area contributed by atoms with Gasteiger partial charge in [-0.25, -0.2) is 9.37 Å². The molecular weight excluding hydrogens is 489 g/mol. The Kier molecular flexibility index (Phi) is 6.76. The van der Waals surface area contributed by atoms with Crippen LogP contribution in [0, 0.1) is 5.82 Å². The van der Waals surface area contributed by atoms with Crippen LogP contribution in [0.2, 0.25) is 5.02 Å². The molecule has 1 atom stereocenters. The van der Waals surface area contributed by atoms with Gasteiger partial charge in [-0.05, 0) is 47.0 Å². The van der Waals surface area contributed by atoms with Crippen LogP contribution >= 0.6 is 27.5 Å². The minimum absolute atomic E-state index is 0.0983. The summed E-state index contributed by atoms with van der Waals surface area (Å²) < 4.78 is 14.3. The minimum atomic E-state index is -0.574. The summed E-state index contributed by atoms with van der Waals surface area (Å²) >= 11 is 9.45. The van der Waals surface area contributed by atoms with Crippen molar-refractivity contribution in [2.75, 3.05) is 36.5 Å². The van der Waals surface area contributed by atoms with Gasteiger partial charge in [0.05, 0.1) is 32.9 Å². The molecule has 0 radical (unpaired) electrons. The number of hydrogen-bond donors (Lipinski definition) is 4. The largest absolute Gasteiger partial charge is 0.395 e. The minimum Gasteiger partial charge on any atom is -0.395 e. The number of carbonyl (C=O) groups excluding carboxylic acids is 1. The van der Waals surface area contributed by atoms with Crippen LogP contribution in [0.3, 0.4) is 0 Å². The van der Waals surface area contributed by atoms with Crippen molar-refractivity contribution < 1.29 is 14.3 Å². The van der Waals surface area contributed by atoms with E-state index in [0.717, 1.165) is 41.5 Å². The average Bonchev–Trinajstić information content (AvgIpc) is 3.17. The van der Waals surface area contributed by atoms with Gasteiger partial charge in [-0.15, -0.1) is 0 Å². The number of aliphatic hydroxyl groups excluding tert-OH is 1. The van der Waals surface area contributed by atoms with Crippen LogP contribution in [0.15, 0.2) is 35.1 Å². The van der Waals surface area contributed by atoms with Crippen molar-refractivity contribution in [2.45, 2.75) is 18.9 Å². The number of nitrogens with one attached hydrogen (secondary N) is 3. The van der Waals surface area contributed by atoms with Crippen LogP contribution in [0.5, 0.6) is 0 Å². The van der Waals surface area contributed by atoms with E-state index in [4.69, 9.17) is 16.7 Å². The van der Waals surface area contributed by atoms with Crippen LogP contribution in [-0.4, -0.2) is 53.3 Å². The Balaban J connectivity index is 1.66. The molecule has 1 fully saturated rings. The molecule has 7 nitrogen and oxygen atoms in total. The molecule has 0 aliphatic carbocycles. The third kappa shape index (κ3) is 4.69. The van der Waals surface area contributed by atoms with Crippen LogP contribution in [0.25, 0.3) is 11.0 Å². The number of pyridine rings is 1. The van der Waals surface area contributed by atoms with Crippen LogP contribution < -0.4 is 15.5 Å². The molecule has 1 aliphatic heterocycles. The predicted octanol–water partition coefficient (Wildman–Crippen LogP) is 3.92. The van der Waals surface area contributed by atoms with Gasteiger partial charge in [-0.2, -0.15) is 0 Å². The van der Waals surface area contributed by atoms with E-state index < -0.39 is 11.7 Å². The molecule has 1 aliphatic rings. The summed E-state index contributed by atoms with van der Waals surface area (Å²) in [5, 5.41) is 16.1. The Hall–Kier alpha value is -2.20. The second-order valence-electron chi connectivity index (χ2n) is 7.43. The zero-order chi connectivity index (χ0) is 22.0. The average molecular weight is 511 g/mol. The number of rotatable bonds is 6. The topological polar surface area (TPSA) is 93.3 Å². The fraction of sp³-hybridized carbons (Fsp3) is 0.333. The fourth-order valence-corrected chi connectivity index (χ4v) is 4.64. The molecule has 3 aromatic rings. The lowest BCUT2D eigenvalue weighted by Gasteiger charge is -2.35. The fourth-order valence-electron chi connectivity index (χ4n) is 3.91. The number of anilines is 2. The lowest BCUT2D eigenvalue weighted by atomic mass is 10.0. The van der Waals surface area contributed by atoms with Gasteiger partial charge in [0.15, 0.2) is 0 Å². The number of halogens is 3. The molecule has 164 valence electrons. The lowest BCUT2D eigenvalue weighted by Crippen LogP contribution is -2.46. The summed E-state index contributed by atoms with van der Waals surface area (Å²) in [5.74, 6) is -0.968. The number of benzene rings is 1. The third-order valence-corrected chi connectivity index (χ3v) is 6.21. The molecule has 1 unspecified atom stereocenters. The molecule has 1 saturated heterocycles. The maximum Gasteiger partial charge on any atom is 0.255 e. The molecule has 4 N–H and O–H groups in total. The quantitative estimate of drug-likeness (QED) is 0.403. The highest BCUT2D eigenvalue weighted by Crippen LogP contribution is 2.39. The first kappa shape index (κ1) is 22.0. The Morgan fingerprint density at radius 3 is 3.06 bits per heavy atom. The van der Waals surface area contributed by atoms with E-state index in [1.54, 1.807) is 12.4 Å². The number of aliphatic hydroxyl groups is 1. The first-order chi connectivity index (χ1) is 15.0. The molecule has 31 heavy (non-hydrogen) atoms. The summed E-state index contributed by atoms with van der Waals surface area (Å²) in [5.41, 5.74) is 2.43. The highest BCUT2D eigenvalue weighted by Gasteiger charge is 2.25. The van der Waals surface area contributed by atoms with Crippen molar-refractivity contribution in [1.29, 1.82) is 0 Å². The molecule has 0 bridgehead atoms. The summed E-state index contributed by atoms with van der Waals surface area (Å²) in [6.45, 7) is 2.28. The summed E-state index contributed by atoms with van der Waals surface area (Å²) in [7, 11) is 0. The standard InChI is InChI=1S/C21H22BrClFN5O2/c22-14-9-26-20-18(19(14)29-6-1-2-13(11-29)25-5-7-30)17(10-27-20)28-21(31)12-3-4-16(24)15(23)8-12/h3-4,8-10,13,25,30H,1-2,5-7,11H2,(H,26,27)(H,28,31). The van der Waals surface area contributed by atoms with Crippen molar-refractivity contribution in [3.63, 3.8) is 0 Å². The number of hydrogen-bond acceptors (Lipinski definition) is 5. The van der Waals surface area contributed by atoms with Crippen molar-refractivity contribution in [3.05, 3.63) is 51.5 Å². The number of aromatic amines is 1. The van der Waals surface area contributed by atoms with Gasteiger partial charge < -0.3 is 25.6 Å². The van der Waals surface area contributed by atoms with E-state index in [1.165, 1.54) is 18.2 Å². The van der Waals surface area contributed by atoms with Crippen molar-refractivity contribution in [1.82, 2.24) is 15.3 Å². The second kappa shape index (κ2) is 9.52. The molecule has 1 amide bonds. The van der Waals surface area contributed by atoms with Gasteiger partial charge in [0.1, 0.15) is 11.5 Å². The summed E-state index contributed by atoms with van der Waals surface area (Å²) in [6, 6.07) is 4.12. The Labute approximate surface area is 192 Å². The van der Waals surface area contributed by atoms with E-state index in [0.29, 0.717) is 17.9 Å². The molecule has 10 heteroatoms. The van der Waals surface area contributed by atoms with Crippen LogP contribution in [0.1, 0.15) is 23.2 Å². The molecule has 0 spiro atoms. The SMILES string of the molecule is O=C(Nc1c[nH]c2ncc(Br)c(N3CCCC(NCCO)C3)c12)c1ccc(F)c(Cl)c1. The van der Waals surface area contributed by atoms with E-state index in [-0.39, 0.29) is 23.2 Å². The van der Waals surface area contributed by atoms with Crippen LogP contribution in [-0.2, 0) is 0 Å². The first-order valence-corrected chi connectivity index (χ1v) is 11.2. The second-order valence-corrected chi connectivity index (χ2v) is 8.69. The van der Waals surface area contributed by atoms with E-state index in [9.17, 15) is 9.18 Å². The third-order valence-electron chi connectivity index (χ3n) is 5.34. The number of amides is 1. The number of nitrogens with zero attached hydrogens (tertiary/aromatic N) is 2. The number of H-pyrrole nitrogens is 1. The predicted molar refractivity (Wildman–Crippen MR) is 123 cm³/mol. The number of aromatic nitrogens is 2. The maximum atomic E-state index is 13.5. The molecule has 3 heterocycles. The molecule has 0 saturated carbocycles. The molecule has 4 rings (SSSR count). The summed E-state index contributed by atoms with van der Waals surface area (Å²) in [4.78, 5) is 22.6. The van der Waals surface area contributed by atoms with Gasteiger partial charge in [-0.3, -0.25) is 4.79 Å². The highest BCUT2D eigenvalue weighted by atomic mass is 79.9. The number of carbonyl (C=O) groups is 1. The monoisotopic (exact) mass is 509 g/mol. The number of piperidine rings is 1. The Bertz CT molecular complexity index is 1110. The maximum absolute atomic E-state index is 13.5. The lowest BCUT2D eigenvalue weighted by molar-refractivity contribution is 0.102. The van der Waals surface area contributed by atoms with E-state index in [2.05, 4.69) is 41.4 Å². The molecule has 2 aromatic heterocycles. The van der Waals surface area contributed by atoms with Gasteiger partial charge in [0, 0.05) is 43.6 Å². The van der Waals surface area contributed by atoms with Gasteiger partial charge in [0.25, 0.3) is 5.91 Å². The van der Waals surface area contributed by atoms with E-state index >= 15 is 0 Å². The van der Waals surface area contributed by atoms with Crippen molar-refractivity contribution in [3.8, 4) is 0 Å². The normalized spacial score (nSPS) is 16.6. The smallest absolute Gasteiger partial charge is 0.255 e. The van der Waals surface area contributed by atoms with Gasteiger partial charge in [0.2, 0.25) is 0 Å². The Morgan fingerprint density at radius 2 is 2.29 bits per heavy atom. The van der Waals surface area contributed by atoms with Crippen LogP contribution in [0.4, 0.5) is 15.8 Å². The first-order valence-electron chi connectivity index (χ1n) is 9.99. The van der Waals surface area contributed by atoms with Crippen molar-refractivity contribution >= 4 is 55.8 Å². The van der Waals surface area contributed by atoms with Gasteiger partial charge >= 0.3 is 0 Å².